The molecule has 0 radical (unpaired) electrons. The van der Waals surface area contributed by atoms with Gasteiger partial charge < -0.3 is 15.7 Å². The van der Waals surface area contributed by atoms with Crippen LogP contribution in [0.3, 0.4) is 0 Å². The van der Waals surface area contributed by atoms with Gasteiger partial charge in [-0.25, -0.2) is 9.78 Å². The molecule has 0 atom stereocenters. The lowest BCUT2D eigenvalue weighted by Crippen LogP contribution is -2.27. The Hall–Kier alpha value is -2.08. The van der Waals surface area contributed by atoms with Crippen LogP contribution in [-0.2, 0) is 6.54 Å². The van der Waals surface area contributed by atoms with Crippen molar-refractivity contribution in [1.82, 2.24) is 4.98 Å². The zero-order valence-corrected chi connectivity index (χ0v) is 11.6. The van der Waals surface area contributed by atoms with Crippen LogP contribution in [0.15, 0.2) is 29.1 Å². The number of aromatic carboxylic acids is 1. The summed E-state index contributed by atoms with van der Waals surface area (Å²) in [5, 5.41) is 13.3. The molecule has 5 nitrogen and oxygen atoms in total. The first-order valence-electron chi connectivity index (χ1n) is 6.42. The normalized spacial score (nSPS) is 14.2. The summed E-state index contributed by atoms with van der Waals surface area (Å²) in [5.41, 5.74) is 7.56. The highest BCUT2D eigenvalue weighted by Gasteiger charge is 2.32. The Morgan fingerprint density at radius 2 is 2.30 bits per heavy atom. The van der Waals surface area contributed by atoms with E-state index in [1.165, 1.54) is 17.8 Å². The van der Waals surface area contributed by atoms with E-state index in [0.29, 0.717) is 18.4 Å². The molecule has 0 spiro atoms. The highest BCUT2D eigenvalue weighted by atomic mass is 32.1. The molecule has 20 heavy (non-hydrogen) atoms. The molecule has 1 saturated carbocycles. The van der Waals surface area contributed by atoms with Crippen LogP contribution >= 0.6 is 11.3 Å². The molecule has 0 saturated heterocycles. The number of nitrogens with two attached hydrogens (primary N) is 1. The molecule has 2 heterocycles. The number of carboxylic acid groups (broad SMARTS) is 1. The second-order valence-corrected chi connectivity index (χ2v) is 5.67. The van der Waals surface area contributed by atoms with Gasteiger partial charge in [0, 0.05) is 18.8 Å². The van der Waals surface area contributed by atoms with Crippen LogP contribution in [0.5, 0.6) is 0 Å². The van der Waals surface area contributed by atoms with Crippen molar-refractivity contribution < 1.29 is 9.90 Å². The molecule has 3 N–H and O–H groups in total. The number of thiophene rings is 1. The summed E-state index contributed by atoms with van der Waals surface area (Å²) < 4.78 is 0. The first-order chi connectivity index (χ1) is 9.66. The average Bonchev–Trinajstić information content (AvgIpc) is 3.14. The quantitative estimate of drug-likeness (QED) is 0.884. The van der Waals surface area contributed by atoms with Crippen LogP contribution in [-0.4, -0.2) is 22.1 Å². The first-order valence-corrected chi connectivity index (χ1v) is 7.36. The molecule has 1 fully saturated rings. The Kier molecular flexibility index (Phi) is 3.31. The lowest BCUT2D eigenvalue weighted by molar-refractivity contribution is 0.0698. The van der Waals surface area contributed by atoms with Gasteiger partial charge in [0.2, 0.25) is 0 Å². The third-order valence-corrected chi connectivity index (χ3v) is 4.12. The number of hydrogen-bond acceptors (Lipinski definition) is 5. The van der Waals surface area contributed by atoms with E-state index in [9.17, 15) is 4.79 Å². The molecule has 0 bridgehead atoms. The Labute approximate surface area is 120 Å². The largest absolute Gasteiger partial charge is 0.478 e. The number of carbonyl (C=O) groups is 1. The predicted molar refractivity (Wildman–Crippen MR) is 79.1 cm³/mol. The number of aromatic nitrogens is 1. The Morgan fingerprint density at radius 3 is 2.90 bits per heavy atom. The summed E-state index contributed by atoms with van der Waals surface area (Å²) in [6, 6.07) is 3.92. The third kappa shape index (κ3) is 2.46. The van der Waals surface area contributed by atoms with E-state index in [4.69, 9.17) is 10.8 Å². The second kappa shape index (κ2) is 5.13. The Bertz CT molecular complexity index is 623. The summed E-state index contributed by atoms with van der Waals surface area (Å²) in [6.07, 6.45) is 3.71. The molecule has 104 valence electrons. The van der Waals surface area contributed by atoms with Gasteiger partial charge in [-0.2, -0.15) is 11.3 Å². The lowest BCUT2D eigenvalue weighted by atomic mass is 10.2. The van der Waals surface area contributed by atoms with Crippen LogP contribution < -0.4 is 10.6 Å². The molecule has 1 aliphatic rings. The van der Waals surface area contributed by atoms with Gasteiger partial charge >= 0.3 is 5.97 Å². The highest BCUT2D eigenvalue weighted by molar-refractivity contribution is 7.07. The topological polar surface area (TPSA) is 79.5 Å². The van der Waals surface area contributed by atoms with Crippen molar-refractivity contribution in [3.8, 4) is 0 Å². The first kappa shape index (κ1) is 12.9. The van der Waals surface area contributed by atoms with E-state index >= 15 is 0 Å². The molecule has 6 heteroatoms. The van der Waals surface area contributed by atoms with Crippen LogP contribution in [0.25, 0.3) is 0 Å². The van der Waals surface area contributed by atoms with Crippen LogP contribution in [0.4, 0.5) is 11.5 Å². The number of anilines is 2. The van der Waals surface area contributed by atoms with E-state index in [1.54, 1.807) is 11.3 Å². The zero-order chi connectivity index (χ0) is 14.1. The van der Waals surface area contributed by atoms with E-state index in [2.05, 4.69) is 21.3 Å². The maximum Gasteiger partial charge on any atom is 0.337 e. The van der Waals surface area contributed by atoms with Gasteiger partial charge in [0.1, 0.15) is 0 Å². The molecule has 0 aliphatic heterocycles. The number of nitrogen functional groups attached to an aromatic ring is 1. The molecule has 2 aromatic heterocycles. The van der Waals surface area contributed by atoms with Crippen LogP contribution in [0.1, 0.15) is 28.8 Å². The minimum Gasteiger partial charge on any atom is -0.478 e. The smallest absolute Gasteiger partial charge is 0.337 e. The molecule has 3 rings (SSSR count). The van der Waals surface area contributed by atoms with Gasteiger partial charge in [-0.15, -0.1) is 0 Å². The lowest BCUT2D eigenvalue weighted by Gasteiger charge is -2.25. The van der Waals surface area contributed by atoms with E-state index in [1.807, 2.05) is 5.38 Å². The fourth-order valence-corrected chi connectivity index (χ4v) is 2.88. The summed E-state index contributed by atoms with van der Waals surface area (Å²) in [5.74, 6) is -0.434. The number of hydrogen-bond donors (Lipinski definition) is 2. The summed E-state index contributed by atoms with van der Waals surface area (Å²) >= 11 is 1.65. The summed E-state index contributed by atoms with van der Waals surface area (Å²) in [6.45, 7) is 0.717. The molecule has 2 aromatic rings. The van der Waals surface area contributed by atoms with Crippen LogP contribution in [0, 0.1) is 0 Å². The van der Waals surface area contributed by atoms with Crippen LogP contribution in [0.2, 0.25) is 0 Å². The number of carboxylic acids is 1. The monoisotopic (exact) mass is 289 g/mol. The second-order valence-electron chi connectivity index (χ2n) is 4.89. The van der Waals surface area contributed by atoms with Crippen molar-refractivity contribution in [2.45, 2.75) is 25.4 Å². The molecular weight excluding hydrogens is 274 g/mol. The van der Waals surface area contributed by atoms with Crippen molar-refractivity contribution in [2.24, 2.45) is 0 Å². The zero-order valence-electron chi connectivity index (χ0n) is 10.8. The maximum absolute atomic E-state index is 11.2. The van der Waals surface area contributed by atoms with Crippen molar-refractivity contribution in [2.75, 3.05) is 10.6 Å². The molecule has 1 aliphatic carbocycles. The number of pyridine rings is 1. The Morgan fingerprint density at radius 1 is 1.50 bits per heavy atom. The standard InChI is InChI=1S/C14H15N3O2S/c15-12-11(14(18)19)3-5-16-13(12)17(10-1-2-10)7-9-4-6-20-8-9/h3-6,8,10H,1-2,7,15H2,(H,18,19). The van der Waals surface area contributed by atoms with E-state index in [-0.39, 0.29) is 11.3 Å². The molecule has 0 aromatic carbocycles. The van der Waals surface area contributed by atoms with Gasteiger partial charge in [0.15, 0.2) is 5.82 Å². The number of nitrogens with zero attached hydrogens (tertiary/aromatic N) is 2. The van der Waals surface area contributed by atoms with Crippen molar-refractivity contribution >= 4 is 28.8 Å². The molecular formula is C14H15N3O2S. The van der Waals surface area contributed by atoms with Crippen molar-refractivity contribution in [1.29, 1.82) is 0 Å². The SMILES string of the molecule is Nc1c(C(=O)O)ccnc1N(Cc1ccsc1)C1CC1. The fourth-order valence-electron chi connectivity index (χ4n) is 2.22. The molecule has 0 unspecified atom stereocenters. The minimum atomic E-state index is -1.02. The summed E-state index contributed by atoms with van der Waals surface area (Å²) in [7, 11) is 0. The van der Waals surface area contributed by atoms with Crippen molar-refractivity contribution in [3.63, 3.8) is 0 Å². The Balaban J connectivity index is 1.95. The fraction of sp³-hybridized carbons (Fsp3) is 0.286. The van der Waals surface area contributed by atoms with E-state index < -0.39 is 5.97 Å². The maximum atomic E-state index is 11.2. The highest BCUT2D eigenvalue weighted by Crippen LogP contribution is 2.36. The van der Waals surface area contributed by atoms with Gasteiger partial charge in [0.25, 0.3) is 0 Å². The van der Waals surface area contributed by atoms with Gasteiger partial charge in [0.05, 0.1) is 11.3 Å². The number of rotatable bonds is 5. The van der Waals surface area contributed by atoms with Gasteiger partial charge in [-0.05, 0) is 41.3 Å². The summed E-state index contributed by atoms with van der Waals surface area (Å²) in [4.78, 5) is 17.6. The third-order valence-electron chi connectivity index (χ3n) is 3.39. The minimum absolute atomic E-state index is 0.117. The predicted octanol–water partition coefficient (Wildman–Crippen LogP) is 2.59. The van der Waals surface area contributed by atoms with Gasteiger partial charge in [-0.1, -0.05) is 0 Å². The van der Waals surface area contributed by atoms with Gasteiger partial charge in [-0.3, -0.25) is 0 Å². The van der Waals surface area contributed by atoms with E-state index in [0.717, 1.165) is 12.8 Å². The van der Waals surface area contributed by atoms with Crippen molar-refractivity contribution in [3.05, 3.63) is 40.2 Å². The average molecular weight is 289 g/mol. The molecule has 0 amide bonds.